The smallest absolute Gasteiger partial charge is 0.147 e. The van der Waals surface area contributed by atoms with Crippen LogP contribution >= 0.6 is 27.5 Å². The van der Waals surface area contributed by atoms with Gasteiger partial charge in [-0.05, 0) is 28.8 Å². The van der Waals surface area contributed by atoms with Crippen LogP contribution in [0.1, 0.15) is 51.0 Å². The number of halogens is 2. The van der Waals surface area contributed by atoms with Crippen LogP contribution in [0.15, 0.2) is 4.47 Å². The van der Waals surface area contributed by atoms with E-state index in [9.17, 15) is 0 Å². The first kappa shape index (κ1) is 11.3. The summed E-state index contributed by atoms with van der Waals surface area (Å²) in [6.45, 7) is 6.30. The molecule has 0 aromatic carbocycles. The summed E-state index contributed by atoms with van der Waals surface area (Å²) in [7, 11) is 0. The minimum atomic E-state index is -0.0476. The Hall–Kier alpha value is -0.150. The second kappa shape index (κ2) is 3.70. The van der Waals surface area contributed by atoms with Crippen LogP contribution in [0.25, 0.3) is 0 Å². The highest BCUT2D eigenvalue weighted by molar-refractivity contribution is 9.10. The predicted molar refractivity (Wildman–Crippen MR) is 65.4 cm³/mol. The first-order chi connectivity index (χ1) is 6.89. The van der Waals surface area contributed by atoms with Crippen LogP contribution in [-0.4, -0.2) is 9.97 Å². The van der Waals surface area contributed by atoms with E-state index < -0.39 is 0 Å². The quantitative estimate of drug-likeness (QED) is 0.728. The van der Waals surface area contributed by atoms with Gasteiger partial charge in [0.2, 0.25) is 0 Å². The molecule has 1 aromatic heterocycles. The zero-order valence-electron chi connectivity index (χ0n) is 9.14. The van der Waals surface area contributed by atoms with Gasteiger partial charge in [0.15, 0.2) is 0 Å². The van der Waals surface area contributed by atoms with Crippen molar-refractivity contribution in [1.29, 1.82) is 0 Å². The third-order valence-electron chi connectivity index (χ3n) is 2.47. The highest BCUT2D eigenvalue weighted by atomic mass is 79.9. The molecule has 1 aliphatic carbocycles. The van der Waals surface area contributed by atoms with Gasteiger partial charge >= 0.3 is 0 Å². The lowest BCUT2D eigenvalue weighted by molar-refractivity contribution is 0.540. The monoisotopic (exact) mass is 288 g/mol. The average Bonchev–Trinajstić information content (AvgIpc) is 2.90. The third kappa shape index (κ3) is 2.34. The fourth-order valence-electron chi connectivity index (χ4n) is 1.40. The van der Waals surface area contributed by atoms with Gasteiger partial charge in [-0.3, -0.25) is 0 Å². The number of hydrogen-bond acceptors (Lipinski definition) is 2. The van der Waals surface area contributed by atoms with Gasteiger partial charge in [-0.1, -0.05) is 32.4 Å². The van der Waals surface area contributed by atoms with Gasteiger partial charge < -0.3 is 0 Å². The lowest BCUT2D eigenvalue weighted by atomic mass is 9.95. The molecule has 2 rings (SSSR count). The maximum atomic E-state index is 6.10. The summed E-state index contributed by atoms with van der Waals surface area (Å²) in [5.41, 5.74) is 1.04. The molecule has 15 heavy (non-hydrogen) atoms. The van der Waals surface area contributed by atoms with E-state index in [1.165, 1.54) is 12.8 Å². The molecule has 82 valence electrons. The SMILES string of the molecule is CC(C)(C)c1nc(Cl)c(Br)c(C2CC2)n1. The van der Waals surface area contributed by atoms with Crippen LogP contribution in [-0.2, 0) is 5.41 Å². The molecule has 1 aliphatic rings. The van der Waals surface area contributed by atoms with Crippen molar-refractivity contribution in [1.82, 2.24) is 9.97 Å². The van der Waals surface area contributed by atoms with Gasteiger partial charge in [0.25, 0.3) is 0 Å². The number of hydrogen-bond donors (Lipinski definition) is 0. The van der Waals surface area contributed by atoms with Gasteiger partial charge in [0, 0.05) is 11.3 Å². The van der Waals surface area contributed by atoms with E-state index in [-0.39, 0.29) is 5.41 Å². The van der Waals surface area contributed by atoms with Crippen molar-refractivity contribution in [3.8, 4) is 0 Å². The molecule has 0 atom stereocenters. The van der Waals surface area contributed by atoms with E-state index in [0.29, 0.717) is 11.1 Å². The van der Waals surface area contributed by atoms with Crippen LogP contribution in [0.5, 0.6) is 0 Å². The standard InChI is InChI=1S/C11H14BrClN2/c1-11(2,3)10-14-8(6-4-5-6)7(12)9(13)15-10/h6H,4-5H2,1-3H3. The Morgan fingerprint density at radius 2 is 1.87 bits per heavy atom. The fraction of sp³-hybridized carbons (Fsp3) is 0.636. The molecule has 0 N–H and O–H groups in total. The Morgan fingerprint density at radius 3 is 2.33 bits per heavy atom. The summed E-state index contributed by atoms with van der Waals surface area (Å²) >= 11 is 9.56. The molecule has 0 saturated heterocycles. The molecular formula is C11H14BrClN2. The van der Waals surface area contributed by atoms with E-state index in [1.54, 1.807) is 0 Å². The maximum Gasteiger partial charge on any atom is 0.147 e. The van der Waals surface area contributed by atoms with Crippen molar-refractivity contribution in [2.45, 2.75) is 44.9 Å². The molecule has 1 aromatic rings. The van der Waals surface area contributed by atoms with Crippen LogP contribution < -0.4 is 0 Å². The van der Waals surface area contributed by atoms with Crippen LogP contribution in [0.2, 0.25) is 5.15 Å². The highest BCUT2D eigenvalue weighted by Gasteiger charge is 2.30. The molecule has 0 unspecified atom stereocenters. The summed E-state index contributed by atoms with van der Waals surface area (Å²) in [5, 5.41) is 0.539. The summed E-state index contributed by atoms with van der Waals surface area (Å²) in [6.07, 6.45) is 2.44. The Morgan fingerprint density at radius 1 is 1.27 bits per heavy atom. The van der Waals surface area contributed by atoms with Gasteiger partial charge in [-0.15, -0.1) is 0 Å². The Labute approximate surface area is 104 Å². The first-order valence-electron chi connectivity index (χ1n) is 5.13. The molecular weight excluding hydrogens is 275 g/mol. The van der Waals surface area contributed by atoms with Gasteiger partial charge in [0.05, 0.1) is 10.2 Å². The molecule has 1 fully saturated rings. The summed E-state index contributed by atoms with van der Waals surface area (Å²) in [6, 6.07) is 0. The molecule has 0 spiro atoms. The largest absolute Gasteiger partial charge is 0.236 e. The van der Waals surface area contributed by atoms with Gasteiger partial charge in [-0.25, -0.2) is 9.97 Å². The second-order valence-electron chi connectivity index (χ2n) is 5.06. The molecule has 0 bridgehead atoms. The number of nitrogens with zero attached hydrogens (tertiary/aromatic N) is 2. The highest BCUT2D eigenvalue weighted by Crippen LogP contribution is 2.44. The minimum absolute atomic E-state index is 0.0476. The zero-order valence-corrected chi connectivity index (χ0v) is 11.5. The van der Waals surface area contributed by atoms with Crippen LogP contribution in [0.3, 0.4) is 0 Å². The van der Waals surface area contributed by atoms with E-state index in [1.807, 2.05) is 0 Å². The van der Waals surface area contributed by atoms with Crippen LogP contribution in [0.4, 0.5) is 0 Å². The maximum absolute atomic E-state index is 6.10. The van der Waals surface area contributed by atoms with Crippen molar-refractivity contribution in [3.05, 3.63) is 21.1 Å². The van der Waals surface area contributed by atoms with Crippen molar-refractivity contribution in [2.75, 3.05) is 0 Å². The first-order valence-corrected chi connectivity index (χ1v) is 6.30. The summed E-state index contributed by atoms with van der Waals surface area (Å²) < 4.78 is 0.875. The zero-order chi connectivity index (χ0) is 11.2. The molecule has 1 saturated carbocycles. The van der Waals surface area contributed by atoms with Gasteiger partial charge in [0.1, 0.15) is 11.0 Å². The molecule has 2 nitrogen and oxygen atoms in total. The van der Waals surface area contributed by atoms with E-state index in [0.717, 1.165) is 16.0 Å². The second-order valence-corrected chi connectivity index (χ2v) is 6.21. The van der Waals surface area contributed by atoms with E-state index in [4.69, 9.17) is 11.6 Å². The minimum Gasteiger partial charge on any atom is -0.236 e. The molecule has 1 heterocycles. The molecule has 0 amide bonds. The topological polar surface area (TPSA) is 25.8 Å². The molecule has 4 heteroatoms. The Balaban J connectivity index is 2.51. The van der Waals surface area contributed by atoms with E-state index in [2.05, 4.69) is 46.7 Å². The number of aromatic nitrogens is 2. The predicted octanol–water partition coefficient (Wildman–Crippen LogP) is 4.07. The summed E-state index contributed by atoms with van der Waals surface area (Å²) in [5.74, 6) is 1.42. The van der Waals surface area contributed by atoms with Crippen molar-refractivity contribution >= 4 is 27.5 Å². The summed E-state index contributed by atoms with van der Waals surface area (Å²) in [4.78, 5) is 8.95. The van der Waals surface area contributed by atoms with Crippen LogP contribution in [0, 0.1) is 0 Å². The normalized spacial score (nSPS) is 16.9. The van der Waals surface area contributed by atoms with Gasteiger partial charge in [-0.2, -0.15) is 0 Å². The van der Waals surface area contributed by atoms with Crippen molar-refractivity contribution < 1.29 is 0 Å². The molecule has 0 radical (unpaired) electrons. The van der Waals surface area contributed by atoms with Crippen molar-refractivity contribution in [2.24, 2.45) is 0 Å². The third-order valence-corrected chi connectivity index (χ3v) is 3.75. The van der Waals surface area contributed by atoms with Crippen molar-refractivity contribution in [3.63, 3.8) is 0 Å². The average molecular weight is 290 g/mol. The fourth-order valence-corrected chi connectivity index (χ4v) is 2.08. The number of rotatable bonds is 1. The Bertz CT molecular complexity index is 394. The lowest BCUT2D eigenvalue weighted by Gasteiger charge is -2.18. The molecule has 0 aliphatic heterocycles. The lowest BCUT2D eigenvalue weighted by Crippen LogP contribution is -2.17. The Kier molecular flexibility index (Phi) is 2.80. The van der Waals surface area contributed by atoms with E-state index >= 15 is 0 Å².